The predicted octanol–water partition coefficient (Wildman–Crippen LogP) is 2.20. The zero-order valence-electron chi connectivity index (χ0n) is 13.8. The molecule has 1 heterocycles. The number of methoxy groups -OCH3 is 1. The molecule has 1 amide bonds. The fourth-order valence-corrected chi connectivity index (χ4v) is 2.93. The molecule has 22 heavy (non-hydrogen) atoms. The van der Waals surface area contributed by atoms with E-state index in [2.05, 4.69) is 18.8 Å². The highest BCUT2D eigenvalue weighted by molar-refractivity contribution is 6.06. The third-order valence-corrected chi connectivity index (χ3v) is 3.93. The number of carbonyl (C=O) groups excluding carboxylic acids is 1. The Morgan fingerprint density at radius 3 is 2.50 bits per heavy atom. The number of nitrogens with zero attached hydrogens (tertiary/aromatic N) is 2. The van der Waals surface area contributed by atoms with Crippen molar-refractivity contribution in [2.75, 3.05) is 13.7 Å². The Kier molecular flexibility index (Phi) is 4.74. The SMILES string of the molecule is COc1ccc(CCN2C(=O)C(C)(CC(C)C)N=C2N)cc1. The summed E-state index contributed by atoms with van der Waals surface area (Å²) in [5.41, 5.74) is 6.39. The van der Waals surface area contributed by atoms with Crippen molar-refractivity contribution in [2.24, 2.45) is 16.6 Å². The van der Waals surface area contributed by atoms with Crippen LogP contribution in [0.3, 0.4) is 0 Å². The molecule has 0 saturated carbocycles. The van der Waals surface area contributed by atoms with Crippen molar-refractivity contribution < 1.29 is 9.53 Å². The minimum Gasteiger partial charge on any atom is -0.497 e. The zero-order chi connectivity index (χ0) is 16.3. The van der Waals surface area contributed by atoms with Crippen molar-refractivity contribution in [2.45, 2.75) is 39.2 Å². The maximum absolute atomic E-state index is 12.6. The molecule has 1 aromatic carbocycles. The van der Waals surface area contributed by atoms with Crippen LogP contribution in [0, 0.1) is 5.92 Å². The number of rotatable bonds is 6. The molecule has 0 spiro atoms. The van der Waals surface area contributed by atoms with Gasteiger partial charge in [0, 0.05) is 6.54 Å². The Morgan fingerprint density at radius 1 is 1.32 bits per heavy atom. The summed E-state index contributed by atoms with van der Waals surface area (Å²) in [5, 5.41) is 0. The van der Waals surface area contributed by atoms with Crippen molar-refractivity contribution in [3.63, 3.8) is 0 Å². The van der Waals surface area contributed by atoms with Crippen LogP contribution >= 0.6 is 0 Å². The predicted molar refractivity (Wildman–Crippen MR) is 87.9 cm³/mol. The van der Waals surface area contributed by atoms with Crippen LogP contribution < -0.4 is 10.5 Å². The fraction of sp³-hybridized carbons (Fsp3) is 0.529. The topological polar surface area (TPSA) is 67.9 Å². The second-order valence-electron chi connectivity index (χ2n) is 6.40. The highest BCUT2D eigenvalue weighted by Crippen LogP contribution is 2.28. The first-order valence-electron chi connectivity index (χ1n) is 7.66. The first-order chi connectivity index (χ1) is 10.4. The normalized spacial score (nSPS) is 21.4. The van der Waals surface area contributed by atoms with E-state index in [0.29, 0.717) is 24.8 Å². The van der Waals surface area contributed by atoms with Gasteiger partial charge in [0.25, 0.3) is 5.91 Å². The first kappa shape index (κ1) is 16.3. The molecule has 2 N–H and O–H groups in total. The molecule has 5 heteroatoms. The van der Waals surface area contributed by atoms with Crippen LogP contribution in [-0.2, 0) is 11.2 Å². The van der Waals surface area contributed by atoms with Gasteiger partial charge >= 0.3 is 0 Å². The number of ether oxygens (including phenoxy) is 1. The summed E-state index contributed by atoms with van der Waals surface area (Å²) in [7, 11) is 1.64. The lowest BCUT2D eigenvalue weighted by Crippen LogP contribution is -2.44. The van der Waals surface area contributed by atoms with E-state index in [4.69, 9.17) is 10.5 Å². The molecule has 0 aromatic heterocycles. The number of hydrogen-bond acceptors (Lipinski definition) is 4. The van der Waals surface area contributed by atoms with Crippen molar-refractivity contribution in [1.29, 1.82) is 0 Å². The Hall–Kier alpha value is -2.04. The zero-order valence-corrected chi connectivity index (χ0v) is 13.8. The molecule has 0 aliphatic carbocycles. The van der Waals surface area contributed by atoms with E-state index in [-0.39, 0.29) is 5.91 Å². The lowest BCUT2D eigenvalue weighted by molar-refractivity contribution is -0.131. The van der Waals surface area contributed by atoms with Crippen molar-refractivity contribution in [1.82, 2.24) is 4.90 Å². The molecular weight excluding hydrogens is 278 g/mol. The van der Waals surface area contributed by atoms with E-state index in [1.165, 1.54) is 0 Å². The lowest BCUT2D eigenvalue weighted by atomic mass is 9.91. The Balaban J connectivity index is 2.01. The van der Waals surface area contributed by atoms with Gasteiger partial charge in [0.05, 0.1) is 7.11 Å². The van der Waals surface area contributed by atoms with Gasteiger partial charge in [-0.25, -0.2) is 4.99 Å². The molecule has 1 aromatic rings. The summed E-state index contributed by atoms with van der Waals surface area (Å²) in [6.07, 6.45) is 1.45. The van der Waals surface area contributed by atoms with Crippen molar-refractivity contribution in [3.8, 4) is 5.75 Å². The van der Waals surface area contributed by atoms with E-state index in [1.807, 2.05) is 31.2 Å². The maximum atomic E-state index is 12.6. The van der Waals surface area contributed by atoms with Crippen LogP contribution in [0.4, 0.5) is 0 Å². The van der Waals surface area contributed by atoms with Crippen LogP contribution in [0.1, 0.15) is 32.8 Å². The summed E-state index contributed by atoms with van der Waals surface area (Å²) >= 11 is 0. The van der Waals surface area contributed by atoms with Crippen molar-refractivity contribution >= 4 is 11.9 Å². The summed E-state index contributed by atoms with van der Waals surface area (Å²) in [6, 6.07) is 7.84. The second kappa shape index (κ2) is 6.38. The minimum atomic E-state index is -0.710. The molecule has 1 aliphatic heterocycles. The van der Waals surface area contributed by atoms with Gasteiger partial charge in [0.1, 0.15) is 11.3 Å². The Morgan fingerprint density at radius 2 is 1.95 bits per heavy atom. The van der Waals surface area contributed by atoms with E-state index in [9.17, 15) is 4.79 Å². The van der Waals surface area contributed by atoms with Gasteiger partial charge in [0.15, 0.2) is 5.96 Å². The number of amides is 1. The van der Waals surface area contributed by atoms with Crippen LogP contribution in [0.2, 0.25) is 0 Å². The highest BCUT2D eigenvalue weighted by atomic mass is 16.5. The van der Waals surface area contributed by atoms with E-state index < -0.39 is 5.54 Å². The standard InChI is InChI=1S/C17H25N3O2/c1-12(2)11-17(3)15(21)20(16(18)19-17)10-9-13-5-7-14(22-4)8-6-13/h5-8,12H,9-11H2,1-4H3,(H2,18,19). The quantitative estimate of drug-likeness (QED) is 0.876. The van der Waals surface area contributed by atoms with Crippen molar-refractivity contribution in [3.05, 3.63) is 29.8 Å². The minimum absolute atomic E-state index is 0.00668. The molecule has 1 unspecified atom stereocenters. The largest absolute Gasteiger partial charge is 0.497 e. The van der Waals surface area contributed by atoms with Crippen LogP contribution in [-0.4, -0.2) is 36.0 Å². The number of guanidine groups is 1. The second-order valence-corrected chi connectivity index (χ2v) is 6.40. The van der Waals surface area contributed by atoms with E-state index in [1.54, 1.807) is 12.0 Å². The molecule has 0 radical (unpaired) electrons. The molecule has 1 aliphatic rings. The lowest BCUT2D eigenvalue weighted by Gasteiger charge is -2.23. The molecule has 0 bridgehead atoms. The number of aliphatic imine (C=N–C) groups is 1. The summed E-state index contributed by atoms with van der Waals surface area (Å²) in [5.74, 6) is 1.56. The van der Waals surface area contributed by atoms with Crippen LogP contribution in [0.15, 0.2) is 29.3 Å². The fourth-order valence-electron chi connectivity index (χ4n) is 2.93. The Bertz CT molecular complexity index is 566. The van der Waals surface area contributed by atoms with Gasteiger partial charge in [-0.3, -0.25) is 9.69 Å². The average molecular weight is 303 g/mol. The Labute approximate surface area is 132 Å². The summed E-state index contributed by atoms with van der Waals surface area (Å²) in [4.78, 5) is 18.6. The number of nitrogens with two attached hydrogens (primary N) is 1. The molecule has 0 saturated heterocycles. The third-order valence-electron chi connectivity index (χ3n) is 3.93. The third kappa shape index (κ3) is 3.40. The number of hydrogen-bond donors (Lipinski definition) is 1. The van der Waals surface area contributed by atoms with Crippen LogP contribution in [0.25, 0.3) is 0 Å². The molecule has 2 rings (SSSR count). The van der Waals surface area contributed by atoms with Crippen LogP contribution in [0.5, 0.6) is 5.75 Å². The van der Waals surface area contributed by atoms with E-state index >= 15 is 0 Å². The highest BCUT2D eigenvalue weighted by Gasteiger charge is 2.43. The van der Waals surface area contributed by atoms with Gasteiger partial charge < -0.3 is 10.5 Å². The first-order valence-corrected chi connectivity index (χ1v) is 7.66. The average Bonchev–Trinajstić information content (AvgIpc) is 2.66. The smallest absolute Gasteiger partial charge is 0.257 e. The van der Waals surface area contributed by atoms with Gasteiger partial charge in [-0.2, -0.15) is 0 Å². The molecule has 1 atom stereocenters. The molecule has 5 nitrogen and oxygen atoms in total. The monoisotopic (exact) mass is 303 g/mol. The number of carbonyl (C=O) groups is 1. The van der Waals surface area contributed by atoms with Gasteiger partial charge in [-0.15, -0.1) is 0 Å². The van der Waals surface area contributed by atoms with Gasteiger partial charge in [-0.1, -0.05) is 26.0 Å². The molecule has 0 fully saturated rings. The van der Waals surface area contributed by atoms with Gasteiger partial charge in [0.2, 0.25) is 0 Å². The maximum Gasteiger partial charge on any atom is 0.257 e. The molecule has 120 valence electrons. The summed E-state index contributed by atoms with van der Waals surface area (Å²) < 4.78 is 5.14. The van der Waals surface area contributed by atoms with E-state index in [0.717, 1.165) is 17.7 Å². The summed E-state index contributed by atoms with van der Waals surface area (Å²) in [6.45, 7) is 6.60. The van der Waals surface area contributed by atoms with Gasteiger partial charge in [-0.05, 0) is 43.4 Å². The molecular formula is C17H25N3O2. The number of benzene rings is 1.